The standard InChI is InChI=1S/C14H16N2OS/c1-9(2)12-8-13(18)16-14(15-12)10-4-6-11(17-3)7-5-10/h4-9H,1-3H3,(H,15,16,18). The molecule has 18 heavy (non-hydrogen) atoms. The maximum absolute atomic E-state index is 5.20. The van der Waals surface area contributed by atoms with Crippen LogP contribution < -0.4 is 4.74 Å². The average Bonchev–Trinajstić information content (AvgIpc) is 2.38. The zero-order valence-corrected chi connectivity index (χ0v) is 11.5. The fourth-order valence-corrected chi connectivity index (χ4v) is 1.89. The van der Waals surface area contributed by atoms with Gasteiger partial charge in [-0.25, -0.2) is 4.98 Å². The summed E-state index contributed by atoms with van der Waals surface area (Å²) >= 11 is 5.20. The van der Waals surface area contributed by atoms with Gasteiger partial charge in [-0.15, -0.1) is 0 Å². The van der Waals surface area contributed by atoms with Crippen LogP contribution in [0.5, 0.6) is 5.75 Å². The third kappa shape index (κ3) is 2.76. The van der Waals surface area contributed by atoms with Crippen molar-refractivity contribution in [2.24, 2.45) is 0 Å². The smallest absolute Gasteiger partial charge is 0.139 e. The highest BCUT2D eigenvalue weighted by Crippen LogP contribution is 2.21. The maximum atomic E-state index is 5.20. The highest BCUT2D eigenvalue weighted by atomic mass is 32.1. The van der Waals surface area contributed by atoms with Gasteiger partial charge in [0.25, 0.3) is 0 Å². The molecule has 0 atom stereocenters. The molecule has 4 heteroatoms. The Labute approximate surface area is 112 Å². The van der Waals surface area contributed by atoms with Gasteiger partial charge in [0, 0.05) is 11.3 Å². The second-order valence-corrected chi connectivity index (χ2v) is 4.82. The third-order valence-electron chi connectivity index (χ3n) is 2.75. The molecule has 2 aromatic rings. The summed E-state index contributed by atoms with van der Waals surface area (Å²) in [6, 6.07) is 9.67. The lowest BCUT2D eigenvalue weighted by Crippen LogP contribution is -1.97. The Morgan fingerprint density at radius 3 is 2.44 bits per heavy atom. The molecule has 1 N–H and O–H groups in total. The normalized spacial score (nSPS) is 10.7. The zero-order valence-electron chi connectivity index (χ0n) is 10.7. The van der Waals surface area contributed by atoms with Crippen LogP contribution in [0.3, 0.4) is 0 Å². The molecular weight excluding hydrogens is 244 g/mol. The largest absolute Gasteiger partial charge is 0.497 e. The van der Waals surface area contributed by atoms with E-state index in [9.17, 15) is 0 Å². The van der Waals surface area contributed by atoms with E-state index in [0.717, 1.165) is 22.8 Å². The zero-order chi connectivity index (χ0) is 13.1. The van der Waals surface area contributed by atoms with Crippen molar-refractivity contribution in [3.63, 3.8) is 0 Å². The van der Waals surface area contributed by atoms with Crippen molar-refractivity contribution in [2.45, 2.75) is 19.8 Å². The summed E-state index contributed by atoms with van der Waals surface area (Å²) < 4.78 is 5.75. The van der Waals surface area contributed by atoms with Crippen LogP contribution in [0.1, 0.15) is 25.5 Å². The second kappa shape index (κ2) is 5.31. The van der Waals surface area contributed by atoms with Gasteiger partial charge >= 0.3 is 0 Å². The van der Waals surface area contributed by atoms with Crippen LogP contribution in [0.2, 0.25) is 0 Å². The van der Waals surface area contributed by atoms with E-state index in [1.54, 1.807) is 7.11 Å². The van der Waals surface area contributed by atoms with E-state index in [4.69, 9.17) is 17.0 Å². The maximum Gasteiger partial charge on any atom is 0.139 e. The third-order valence-corrected chi connectivity index (χ3v) is 2.96. The quantitative estimate of drug-likeness (QED) is 0.849. The van der Waals surface area contributed by atoms with Gasteiger partial charge in [0.05, 0.1) is 7.11 Å². The van der Waals surface area contributed by atoms with E-state index in [0.29, 0.717) is 10.6 Å². The van der Waals surface area contributed by atoms with Crippen molar-refractivity contribution in [2.75, 3.05) is 7.11 Å². The molecule has 0 aliphatic carbocycles. The molecule has 0 aliphatic rings. The lowest BCUT2D eigenvalue weighted by molar-refractivity contribution is 0.415. The SMILES string of the molecule is COc1ccc(-c2nc(=S)cc(C(C)C)[nH]2)cc1. The number of benzene rings is 1. The Morgan fingerprint density at radius 1 is 1.22 bits per heavy atom. The number of H-pyrrole nitrogens is 1. The first-order chi connectivity index (χ1) is 8.60. The fraction of sp³-hybridized carbons (Fsp3) is 0.286. The number of methoxy groups -OCH3 is 1. The van der Waals surface area contributed by atoms with Gasteiger partial charge in [0.15, 0.2) is 0 Å². The summed E-state index contributed by atoms with van der Waals surface area (Å²) in [6.45, 7) is 4.25. The highest BCUT2D eigenvalue weighted by molar-refractivity contribution is 7.71. The number of ether oxygens (including phenoxy) is 1. The van der Waals surface area contributed by atoms with Crippen LogP contribution in [0.25, 0.3) is 11.4 Å². The molecule has 1 aromatic carbocycles. The van der Waals surface area contributed by atoms with Gasteiger partial charge in [0.1, 0.15) is 16.2 Å². The van der Waals surface area contributed by atoms with Crippen LogP contribution in [0, 0.1) is 4.64 Å². The van der Waals surface area contributed by atoms with Crippen LogP contribution in [0.4, 0.5) is 0 Å². The minimum atomic E-state index is 0.395. The first-order valence-corrected chi connectivity index (χ1v) is 6.26. The molecule has 0 saturated heterocycles. The summed E-state index contributed by atoms with van der Waals surface area (Å²) in [6.07, 6.45) is 0. The molecule has 1 heterocycles. The molecule has 0 bridgehead atoms. The number of hydrogen-bond acceptors (Lipinski definition) is 3. The molecule has 0 unspecified atom stereocenters. The van der Waals surface area contributed by atoms with Crippen molar-refractivity contribution >= 4 is 12.2 Å². The molecule has 0 saturated carbocycles. The number of nitrogens with zero attached hydrogens (tertiary/aromatic N) is 1. The van der Waals surface area contributed by atoms with E-state index in [1.807, 2.05) is 30.3 Å². The predicted molar refractivity (Wildman–Crippen MR) is 75.5 cm³/mol. The van der Waals surface area contributed by atoms with Crippen LogP contribution in [-0.4, -0.2) is 17.1 Å². The Morgan fingerprint density at radius 2 is 1.89 bits per heavy atom. The topological polar surface area (TPSA) is 37.9 Å². The molecule has 0 spiro atoms. The Kier molecular flexibility index (Phi) is 3.77. The molecular formula is C14H16N2OS. The van der Waals surface area contributed by atoms with Crippen LogP contribution >= 0.6 is 12.2 Å². The number of hydrogen-bond donors (Lipinski definition) is 1. The monoisotopic (exact) mass is 260 g/mol. The van der Waals surface area contributed by atoms with Crippen LogP contribution in [-0.2, 0) is 0 Å². The molecule has 0 amide bonds. The van der Waals surface area contributed by atoms with Crippen molar-refractivity contribution in [1.29, 1.82) is 0 Å². The van der Waals surface area contributed by atoms with Gasteiger partial charge in [0.2, 0.25) is 0 Å². The Balaban J connectivity index is 2.46. The summed E-state index contributed by atoms with van der Waals surface area (Å²) in [7, 11) is 1.65. The fourth-order valence-electron chi connectivity index (χ4n) is 1.67. The van der Waals surface area contributed by atoms with E-state index in [2.05, 4.69) is 23.8 Å². The second-order valence-electron chi connectivity index (χ2n) is 4.41. The summed E-state index contributed by atoms with van der Waals surface area (Å²) in [4.78, 5) is 7.68. The lowest BCUT2D eigenvalue weighted by Gasteiger charge is -2.09. The molecule has 2 rings (SSSR count). The van der Waals surface area contributed by atoms with E-state index in [1.165, 1.54) is 0 Å². The summed E-state index contributed by atoms with van der Waals surface area (Å²) in [5, 5.41) is 0. The predicted octanol–water partition coefficient (Wildman–Crippen LogP) is 3.94. The van der Waals surface area contributed by atoms with E-state index >= 15 is 0 Å². The molecule has 0 fully saturated rings. The van der Waals surface area contributed by atoms with Crippen molar-refractivity contribution in [1.82, 2.24) is 9.97 Å². The number of nitrogens with one attached hydrogen (secondary N) is 1. The Hall–Kier alpha value is -1.68. The molecule has 94 valence electrons. The number of aromatic amines is 1. The van der Waals surface area contributed by atoms with Crippen LogP contribution in [0.15, 0.2) is 30.3 Å². The van der Waals surface area contributed by atoms with Crippen molar-refractivity contribution < 1.29 is 4.74 Å². The number of rotatable bonds is 3. The first-order valence-electron chi connectivity index (χ1n) is 5.86. The number of aromatic nitrogens is 2. The van der Waals surface area contributed by atoms with Gasteiger partial charge in [-0.3, -0.25) is 0 Å². The van der Waals surface area contributed by atoms with E-state index in [-0.39, 0.29) is 0 Å². The molecule has 1 aromatic heterocycles. The van der Waals surface area contributed by atoms with Crippen molar-refractivity contribution in [3.8, 4) is 17.1 Å². The molecule has 0 radical (unpaired) electrons. The summed E-state index contributed by atoms with van der Waals surface area (Å²) in [5.74, 6) is 2.03. The van der Waals surface area contributed by atoms with E-state index < -0.39 is 0 Å². The van der Waals surface area contributed by atoms with Gasteiger partial charge in [-0.2, -0.15) is 0 Å². The first kappa shape index (κ1) is 12.8. The van der Waals surface area contributed by atoms with Crippen molar-refractivity contribution in [3.05, 3.63) is 40.7 Å². The van der Waals surface area contributed by atoms with Gasteiger partial charge in [-0.1, -0.05) is 26.1 Å². The van der Waals surface area contributed by atoms with Gasteiger partial charge in [-0.05, 0) is 36.2 Å². The molecule has 0 aliphatic heterocycles. The lowest BCUT2D eigenvalue weighted by atomic mass is 10.1. The van der Waals surface area contributed by atoms with Gasteiger partial charge < -0.3 is 9.72 Å². The Bertz CT molecular complexity index is 587. The minimum Gasteiger partial charge on any atom is -0.497 e. The summed E-state index contributed by atoms with van der Waals surface area (Å²) in [5.41, 5.74) is 2.10. The molecule has 3 nitrogen and oxygen atoms in total. The average molecular weight is 260 g/mol. The highest BCUT2D eigenvalue weighted by Gasteiger charge is 2.05. The minimum absolute atomic E-state index is 0.395.